The van der Waals surface area contributed by atoms with Crippen molar-refractivity contribution >= 4 is 29.1 Å². The molecule has 0 saturated carbocycles. The number of ether oxygens (including phenoxy) is 4. The molecule has 0 aliphatic carbocycles. The Labute approximate surface area is 516 Å². The number of fused-ring (bicyclic) bond motifs is 2. The second kappa shape index (κ2) is 37.2. The van der Waals surface area contributed by atoms with Crippen molar-refractivity contribution in [1.29, 1.82) is 0 Å². The largest absolute Gasteiger partial charge is 0.461 e. The summed E-state index contributed by atoms with van der Waals surface area (Å²) in [5, 5.41) is 124. The second-order valence-corrected chi connectivity index (χ2v) is 24.0. The minimum atomic E-state index is -2.30. The van der Waals surface area contributed by atoms with Gasteiger partial charge in [0, 0.05) is 95.5 Å². The van der Waals surface area contributed by atoms with Crippen LogP contribution in [0.5, 0.6) is 0 Å². The fourth-order valence-electron chi connectivity index (χ4n) is 11.6. The molecule has 5 rings (SSSR count). The number of rotatable bonds is 13. The van der Waals surface area contributed by atoms with Gasteiger partial charge in [-0.25, -0.2) is 0 Å². The summed E-state index contributed by atoms with van der Waals surface area (Å²) in [6, 6.07) is 5.76. The van der Waals surface area contributed by atoms with E-state index in [1.807, 2.05) is 24.8 Å². The van der Waals surface area contributed by atoms with Crippen molar-refractivity contribution < 1.29 is 94.3 Å². The highest BCUT2D eigenvalue weighted by molar-refractivity contribution is 5.96. The SMILES string of the molecule is CNc1ccc(C(=O)CC(O)CCC(C)C2OC(=O)CC(O)CC(=O)CC(O)CC(O)CC(O)CC(O)CC3(O)CC(O)C(C(=O)N4CCN(CCO)CC4)C(CC(O[C@@H]4O[C@H](C)[C@@H](O)[C@H](N)[C@@H]4O)/C=C/C=C/C=C/C=C\C=C/C=C/C=C/C2C)O3)cc1. The zero-order valence-corrected chi connectivity index (χ0v) is 51.2. The fraction of sp³-hybridized carbons (Fsp3) is 0.631. The number of cyclic esters (lactones) is 1. The number of hydrogen-bond donors (Lipinski definition) is 13. The van der Waals surface area contributed by atoms with Gasteiger partial charge in [0.25, 0.3) is 0 Å². The fourth-order valence-corrected chi connectivity index (χ4v) is 11.6. The maximum absolute atomic E-state index is 14.5. The summed E-state index contributed by atoms with van der Waals surface area (Å²) < 4.78 is 24.5. The number of anilines is 1. The van der Waals surface area contributed by atoms with Gasteiger partial charge >= 0.3 is 5.97 Å². The zero-order valence-electron chi connectivity index (χ0n) is 51.2. The first-order chi connectivity index (χ1) is 41.9. The number of carbonyl (C=O) groups excluding carboxylic acids is 4. The smallest absolute Gasteiger partial charge is 0.308 e. The van der Waals surface area contributed by atoms with Crippen LogP contribution in [0.2, 0.25) is 0 Å². The van der Waals surface area contributed by atoms with Gasteiger partial charge in [0.2, 0.25) is 5.91 Å². The monoisotopic (exact) mass is 1240 g/mol. The predicted octanol–water partition coefficient (Wildman–Crippen LogP) is 1.80. The van der Waals surface area contributed by atoms with Gasteiger partial charge < -0.3 is 91.1 Å². The number of β-amino-alcohol motifs (C(OH)–C–C–N with tert-alkyl or cyclic N) is 1. The number of nitrogens with two attached hydrogens (primary N) is 1. The van der Waals surface area contributed by atoms with E-state index in [0.29, 0.717) is 31.6 Å². The highest BCUT2D eigenvalue weighted by Gasteiger charge is 2.52. The lowest BCUT2D eigenvalue weighted by Crippen LogP contribution is -2.62. The van der Waals surface area contributed by atoms with Gasteiger partial charge in [-0.05, 0) is 69.2 Å². The number of amides is 1. The molecule has 1 aromatic carbocycles. The zero-order chi connectivity index (χ0) is 64.5. The lowest BCUT2D eigenvalue weighted by molar-refractivity contribution is -0.308. The minimum absolute atomic E-state index is 0.0672. The molecule has 23 nitrogen and oxygen atoms in total. The van der Waals surface area contributed by atoms with E-state index in [-0.39, 0.29) is 69.4 Å². The van der Waals surface area contributed by atoms with Crippen molar-refractivity contribution in [3.8, 4) is 0 Å². The van der Waals surface area contributed by atoms with E-state index < -0.39 is 160 Å². The topological polar surface area (TPSA) is 372 Å². The Bertz CT molecular complexity index is 2520. The summed E-state index contributed by atoms with van der Waals surface area (Å²) in [7, 11) is 1.77. The summed E-state index contributed by atoms with van der Waals surface area (Å²) in [5.74, 6) is -6.38. The molecule has 14 N–H and O–H groups in total. The van der Waals surface area contributed by atoms with Gasteiger partial charge in [0.1, 0.15) is 18.0 Å². The number of esters is 1. The number of benzene rings is 1. The summed E-state index contributed by atoms with van der Waals surface area (Å²) in [4.78, 5) is 57.4. The average Bonchev–Trinajstić information content (AvgIpc) is 2.33. The highest BCUT2D eigenvalue weighted by Crippen LogP contribution is 2.39. The molecule has 4 aliphatic rings. The van der Waals surface area contributed by atoms with Crippen LogP contribution in [0.4, 0.5) is 5.69 Å². The molecule has 88 heavy (non-hydrogen) atoms. The lowest BCUT2D eigenvalue weighted by Gasteiger charge is -2.47. The predicted molar refractivity (Wildman–Crippen MR) is 328 cm³/mol. The molecule has 0 radical (unpaired) electrons. The minimum Gasteiger partial charge on any atom is -0.461 e. The van der Waals surface area contributed by atoms with Crippen molar-refractivity contribution in [2.75, 3.05) is 51.7 Å². The first-order valence-electron chi connectivity index (χ1n) is 30.8. The first-order valence-corrected chi connectivity index (χ1v) is 30.8. The Hall–Kier alpha value is -5.16. The van der Waals surface area contributed by atoms with E-state index in [0.717, 1.165) is 5.69 Å². The third-order valence-corrected chi connectivity index (χ3v) is 16.5. The van der Waals surface area contributed by atoms with Crippen molar-refractivity contribution in [1.82, 2.24) is 9.80 Å². The number of nitrogens with one attached hydrogen (secondary N) is 1. The molecule has 3 fully saturated rings. The number of carbonyl (C=O) groups is 4. The molecule has 2 bridgehead atoms. The Morgan fingerprint density at radius 1 is 0.727 bits per heavy atom. The van der Waals surface area contributed by atoms with Crippen LogP contribution in [-0.4, -0.2) is 233 Å². The maximum atomic E-state index is 14.5. The van der Waals surface area contributed by atoms with Crippen molar-refractivity contribution in [2.24, 2.45) is 23.5 Å². The molecule has 4 aliphatic heterocycles. The number of nitrogens with zero attached hydrogens (tertiary/aromatic N) is 2. The first kappa shape index (κ1) is 73.6. The van der Waals surface area contributed by atoms with Gasteiger partial charge in [0.15, 0.2) is 17.9 Å². The Morgan fingerprint density at radius 2 is 1.30 bits per heavy atom. The number of piperazine rings is 1. The molecule has 492 valence electrons. The molecule has 1 aromatic rings. The summed E-state index contributed by atoms with van der Waals surface area (Å²) in [6.07, 6.45) is 3.15. The Kier molecular flexibility index (Phi) is 31.1. The Morgan fingerprint density at radius 3 is 1.90 bits per heavy atom. The lowest BCUT2D eigenvalue weighted by atomic mass is 9.81. The quantitative estimate of drug-likeness (QED) is 0.0989. The van der Waals surface area contributed by atoms with E-state index in [1.165, 1.54) is 0 Å². The molecule has 19 atom stereocenters. The molecule has 4 heterocycles. The summed E-state index contributed by atoms with van der Waals surface area (Å²) >= 11 is 0. The molecular weight excluding hydrogens is 1140 g/mol. The average molecular weight is 1240 g/mol. The van der Waals surface area contributed by atoms with Crippen LogP contribution in [0.15, 0.2) is 109 Å². The van der Waals surface area contributed by atoms with Crippen molar-refractivity contribution in [2.45, 2.75) is 195 Å². The Balaban J connectivity index is 1.36. The van der Waals surface area contributed by atoms with E-state index >= 15 is 0 Å². The van der Waals surface area contributed by atoms with E-state index in [4.69, 9.17) is 24.7 Å². The normalized spacial score (nSPS) is 37.0. The summed E-state index contributed by atoms with van der Waals surface area (Å²) in [5.41, 5.74) is 7.47. The maximum Gasteiger partial charge on any atom is 0.308 e. The molecule has 14 unspecified atom stereocenters. The van der Waals surface area contributed by atoms with Gasteiger partial charge in [-0.15, -0.1) is 0 Å². The third kappa shape index (κ3) is 24.6. The number of allylic oxidation sites excluding steroid dienone is 12. The van der Waals surface area contributed by atoms with Crippen LogP contribution in [0.3, 0.4) is 0 Å². The number of hydrogen-bond acceptors (Lipinski definition) is 22. The van der Waals surface area contributed by atoms with Crippen molar-refractivity contribution in [3.63, 3.8) is 0 Å². The van der Waals surface area contributed by atoms with Gasteiger partial charge in [-0.1, -0.05) is 98.9 Å². The van der Waals surface area contributed by atoms with Crippen LogP contribution in [-0.2, 0) is 33.3 Å². The van der Waals surface area contributed by atoms with Crippen LogP contribution in [0.1, 0.15) is 108 Å². The van der Waals surface area contributed by atoms with E-state index in [9.17, 15) is 75.3 Å². The number of aliphatic hydroxyl groups excluding tert-OH is 10. The molecule has 23 heteroatoms. The second-order valence-electron chi connectivity index (χ2n) is 24.0. The van der Waals surface area contributed by atoms with Gasteiger partial charge in [-0.3, -0.25) is 24.1 Å². The standard InChI is InChI=1S/C65H98N4O19/c1-41-17-15-13-11-9-7-5-6-8-10-12-14-16-18-53(86-64-61(82)59(66)60(81)43(3)85-64)38-56-58(63(83)69-27-25-68(26-28-69)29-30-70)55(79)40-65(84,88-56)39-52(77)35-50(75)33-48(73)31-47(72)32-49(74)34-51(76)37-57(80)87-62(41)42(2)19-24-46(71)36-54(78)44-20-22-45(67-4)23-21-44/h5-18,20-23,41-43,46-48,50-53,55-56,58-62,64,67,70-73,75-77,79,81-82,84H,19,24-40,66H2,1-4H3/b6-5-,9-7-,10-8+,13-11+,14-12+,17-15+,18-16+/t41?,42?,43-,46?,47?,48?,50?,51?,52?,53?,55?,56?,58?,59+,60-,61+,62?,64+,65?/m1/s1. The van der Waals surface area contributed by atoms with Crippen LogP contribution in [0, 0.1) is 17.8 Å². The highest BCUT2D eigenvalue weighted by atomic mass is 16.7. The van der Waals surface area contributed by atoms with Crippen LogP contribution in [0.25, 0.3) is 0 Å². The van der Waals surface area contributed by atoms with Crippen LogP contribution < -0.4 is 11.1 Å². The molecule has 0 spiro atoms. The molecule has 3 saturated heterocycles. The van der Waals surface area contributed by atoms with Gasteiger partial charge in [0.05, 0.1) is 92.1 Å². The number of ketones is 2. The van der Waals surface area contributed by atoms with Gasteiger partial charge in [-0.2, -0.15) is 0 Å². The number of Topliss-reactive ketones (excluding diaryl/α,β-unsaturated/α-hetero) is 2. The van der Waals surface area contributed by atoms with Crippen LogP contribution >= 0.6 is 0 Å². The van der Waals surface area contributed by atoms with E-state index in [2.05, 4.69) is 5.32 Å². The molecule has 1 amide bonds. The third-order valence-electron chi connectivity index (χ3n) is 16.5. The van der Waals surface area contributed by atoms with E-state index in [1.54, 1.807) is 122 Å². The number of aliphatic hydroxyl groups is 11. The summed E-state index contributed by atoms with van der Waals surface area (Å²) in [6.45, 7) is 7.05. The molecule has 0 aromatic heterocycles. The van der Waals surface area contributed by atoms with Crippen molar-refractivity contribution in [3.05, 3.63) is 115 Å². The molecular formula is C65H98N4O19.